The first-order valence-corrected chi connectivity index (χ1v) is 5.34. The molecular formula is C12H8N2O6. The summed E-state index contributed by atoms with van der Waals surface area (Å²) in [7, 11) is 0. The molecule has 0 bridgehead atoms. The van der Waals surface area contributed by atoms with Crippen LogP contribution in [0.1, 0.15) is 20.7 Å². The third-order valence-corrected chi connectivity index (χ3v) is 2.24. The fourth-order valence-corrected chi connectivity index (χ4v) is 1.32. The zero-order valence-corrected chi connectivity index (χ0v) is 9.90. The van der Waals surface area contributed by atoms with Crippen molar-refractivity contribution in [1.29, 1.82) is 0 Å². The molecule has 2 N–H and O–H groups in total. The van der Waals surface area contributed by atoms with Gasteiger partial charge < -0.3 is 10.1 Å². The van der Waals surface area contributed by atoms with Gasteiger partial charge in [-0.2, -0.15) is 0 Å². The summed E-state index contributed by atoms with van der Waals surface area (Å²) in [5.74, 6) is -2.74. The molecule has 0 aliphatic heterocycles. The zero-order chi connectivity index (χ0) is 14.5. The van der Waals surface area contributed by atoms with Gasteiger partial charge >= 0.3 is 11.9 Å². The average Bonchev–Trinajstić information content (AvgIpc) is 2.45. The molecule has 0 fully saturated rings. The van der Waals surface area contributed by atoms with Gasteiger partial charge in [-0.15, -0.1) is 0 Å². The van der Waals surface area contributed by atoms with Gasteiger partial charge in [-0.25, -0.2) is 19.5 Å². The summed E-state index contributed by atoms with van der Waals surface area (Å²) in [6.45, 7) is 0. The molecule has 8 heteroatoms. The lowest BCUT2D eigenvalue weighted by Crippen LogP contribution is -2.20. The molecule has 0 amide bonds. The molecule has 0 aliphatic carbocycles. The van der Waals surface area contributed by atoms with E-state index in [4.69, 9.17) is 5.11 Å². The van der Waals surface area contributed by atoms with E-state index in [0.717, 1.165) is 0 Å². The van der Waals surface area contributed by atoms with Crippen molar-refractivity contribution in [3.05, 3.63) is 58.1 Å². The maximum Gasteiger partial charge on any atom is 0.391 e. The number of pyridine rings is 2. The normalized spacial score (nSPS) is 9.80. The summed E-state index contributed by atoms with van der Waals surface area (Å²) in [6.07, 6.45) is 2.62. The van der Waals surface area contributed by atoms with E-state index in [0.29, 0.717) is 0 Å². The van der Waals surface area contributed by atoms with Gasteiger partial charge in [0, 0.05) is 12.4 Å². The number of hydrogen-bond donors (Lipinski definition) is 2. The zero-order valence-electron chi connectivity index (χ0n) is 9.90. The maximum atomic E-state index is 11.6. The number of carbonyl (C=O) groups is 2. The van der Waals surface area contributed by atoms with Crippen LogP contribution >= 0.6 is 0 Å². The fourth-order valence-electron chi connectivity index (χ4n) is 1.32. The number of carboxylic acids is 1. The Hall–Kier alpha value is -3.16. The van der Waals surface area contributed by atoms with Crippen LogP contribution in [-0.4, -0.2) is 27.0 Å². The number of aromatic carboxylic acids is 1. The molecular weight excluding hydrogens is 268 g/mol. The quantitative estimate of drug-likeness (QED) is 0.620. The molecule has 2 heterocycles. The molecule has 0 aliphatic rings. The minimum atomic E-state index is -1.29. The molecule has 0 saturated carbocycles. The number of carboxylic acid groups (broad SMARTS) is 1. The largest absolute Gasteiger partial charge is 0.477 e. The molecule has 20 heavy (non-hydrogen) atoms. The Morgan fingerprint density at radius 2 is 1.95 bits per heavy atom. The minimum absolute atomic E-state index is 0.276. The summed E-state index contributed by atoms with van der Waals surface area (Å²) < 4.78 is 0. The number of aromatic nitrogens is 2. The van der Waals surface area contributed by atoms with Gasteiger partial charge in [0.05, 0.1) is 0 Å². The number of nitrogens with zero attached hydrogens (tertiary/aromatic N) is 1. The molecule has 0 saturated heterocycles. The van der Waals surface area contributed by atoms with Crippen LogP contribution in [0.3, 0.4) is 0 Å². The predicted molar refractivity (Wildman–Crippen MR) is 64.3 cm³/mol. The molecule has 0 unspecified atom stereocenters. The summed E-state index contributed by atoms with van der Waals surface area (Å²) >= 11 is 0. The van der Waals surface area contributed by atoms with E-state index in [9.17, 15) is 14.4 Å². The van der Waals surface area contributed by atoms with Crippen LogP contribution in [0.25, 0.3) is 0 Å². The van der Waals surface area contributed by atoms with Crippen LogP contribution in [0.2, 0.25) is 0 Å². The third kappa shape index (κ3) is 2.80. The van der Waals surface area contributed by atoms with Crippen molar-refractivity contribution in [3.63, 3.8) is 0 Å². The van der Waals surface area contributed by atoms with Crippen molar-refractivity contribution >= 4 is 11.9 Å². The number of H-pyrrole nitrogens is 1. The average molecular weight is 276 g/mol. The van der Waals surface area contributed by atoms with Gasteiger partial charge in [-0.05, 0) is 24.3 Å². The summed E-state index contributed by atoms with van der Waals surface area (Å²) in [5, 5.41) is 8.88. The predicted octanol–water partition coefficient (Wildman–Crippen LogP) is 0.619. The van der Waals surface area contributed by atoms with Crippen LogP contribution in [0, 0.1) is 0 Å². The highest BCUT2D eigenvalue weighted by atomic mass is 17.2. The molecule has 0 radical (unpaired) electrons. The summed E-state index contributed by atoms with van der Waals surface area (Å²) in [5.41, 5.74) is -1.21. The Morgan fingerprint density at radius 3 is 2.65 bits per heavy atom. The first-order valence-electron chi connectivity index (χ1n) is 5.34. The second-order valence-electron chi connectivity index (χ2n) is 3.53. The van der Waals surface area contributed by atoms with Crippen molar-refractivity contribution in [2.75, 3.05) is 0 Å². The Balaban J connectivity index is 2.14. The number of rotatable bonds is 4. The molecule has 2 aromatic rings. The fraction of sp³-hybridized carbons (Fsp3) is 0. The van der Waals surface area contributed by atoms with Gasteiger partial charge in [0.15, 0.2) is 0 Å². The highest BCUT2D eigenvalue weighted by molar-refractivity contribution is 5.90. The van der Waals surface area contributed by atoms with Crippen molar-refractivity contribution in [2.45, 2.75) is 0 Å². The van der Waals surface area contributed by atoms with E-state index in [2.05, 4.69) is 19.7 Å². The van der Waals surface area contributed by atoms with Gasteiger partial charge in [0.1, 0.15) is 11.1 Å². The van der Waals surface area contributed by atoms with Crippen molar-refractivity contribution in [3.8, 4) is 5.88 Å². The Labute approximate surface area is 111 Å². The first-order chi connectivity index (χ1) is 9.59. The molecule has 8 nitrogen and oxygen atoms in total. The van der Waals surface area contributed by atoms with Crippen molar-refractivity contribution in [2.24, 2.45) is 0 Å². The van der Waals surface area contributed by atoms with Crippen molar-refractivity contribution in [1.82, 2.24) is 9.97 Å². The molecule has 2 aromatic heterocycles. The second kappa shape index (κ2) is 5.65. The van der Waals surface area contributed by atoms with E-state index in [-0.39, 0.29) is 17.0 Å². The number of carbonyl (C=O) groups excluding carboxylic acids is 1. The second-order valence-corrected chi connectivity index (χ2v) is 3.53. The molecule has 0 aromatic carbocycles. The molecule has 0 atom stereocenters. The van der Waals surface area contributed by atoms with Gasteiger partial charge in [-0.3, -0.25) is 9.68 Å². The van der Waals surface area contributed by atoms with Crippen molar-refractivity contribution < 1.29 is 24.5 Å². The van der Waals surface area contributed by atoms with Crippen LogP contribution in [0.5, 0.6) is 5.88 Å². The number of aromatic amines is 1. The number of nitrogens with one attached hydrogen (secondary N) is 1. The Bertz CT molecular complexity index is 709. The summed E-state index contributed by atoms with van der Waals surface area (Å²) in [4.78, 5) is 48.7. The third-order valence-electron chi connectivity index (χ3n) is 2.24. The Kier molecular flexibility index (Phi) is 3.75. The lowest BCUT2D eigenvalue weighted by molar-refractivity contribution is -0.153. The molecule has 102 valence electrons. The van der Waals surface area contributed by atoms with Gasteiger partial charge in [-0.1, -0.05) is 0 Å². The highest BCUT2D eigenvalue weighted by Crippen LogP contribution is 2.14. The maximum absolute atomic E-state index is 11.6. The van der Waals surface area contributed by atoms with E-state index in [1.54, 1.807) is 0 Å². The standard InChI is InChI=1S/C12H8N2O6/c15-9-7(3-1-5-13-9)12(18)20-19-10-8(11(16)17)4-2-6-14-10/h1-6H,(H,13,15)(H,16,17). The Morgan fingerprint density at radius 1 is 1.20 bits per heavy atom. The lowest BCUT2D eigenvalue weighted by atomic mass is 10.3. The van der Waals surface area contributed by atoms with Crippen LogP contribution in [0.4, 0.5) is 0 Å². The minimum Gasteiger partial charge on any atom is -0.477 e. The topological polar surface area (TPSA) is 119 Å². The SMILES string of the molecule is O=C(O)c1cccnc1OOC(=O)c1ccc[nH]c1=O. The first kappa shape index (κ1) is 13.3. The molecule has 0 spiro atoms. The van der Waals surface area contributed by atoms with E-state index in [1.165, 1.54) is 36.7 Å². The van der Waals surface area contributed by atoms with Gasteiger partial charge in [0.25, 0.3) is 11.4 Å². The number of hydrogen-bond acceptors (Lipinski definition) is 6. The van der Waals surface area contributed by atoms with E-state index < -0.39 is 17.5 Å². The monoisotopic (exact) mass is 276 g/mol. The smallest absolute Gasteiger partial charge is 0.391 e. The lowest BCUT2D eigenvalue weighted by Gasteiger charge is -2.05. The summed E-state index contributed by atoms with van der Waals surface area (Å²) in [6, 6.07) is 5.29. The highest BCUT2D eigenvalue weighted by Gasteiger charge is 2.17. The van der Waals surface area contributed by atoms with Crippen LogP contribution < -0.4 is 10.4 Å². The van der Waals surface area contributed by atoms with Gasteiger partial charge in [0.2, 0.25) is 0 Å². The molecule has 2 rings (SSSR count). The van der Waals surface area contributed by atoms with Crippen LogP contribution in [0.15, 0.2) is 41.5 Å². The van der Waals surface area contributed by atoms with Crippen LogP contribution in [-0.2, 0) is 4.89 Å². The van der Waals surface area contributed by atoms with E-state index in [1.807, 2.05) is 0 Å². The van der Waals surface area contributed by atoms with E-state index >= 15 is 0 Å².